The van der Waals surface area contributed by atoms with Crippen LogP contribution in [-0.4, -0.2) is 65.3 Å². The lowest BCUT2D eigenvalue weighted by molar-refractivity contribution is -0.153. The van der Waals surface area contributed by atoms with E-state index in [0.29, 0.717) is 12.2 Å². The lowest BCUT2D eigenvalue weighted by Gasteiger charge is -2.27. The molecule has 2 aliphatic rings. The van der Waals surface area contributed by atoms with Gasteiger partial charge in [0.25, 0.3) is 5.91 Å². The maximum atomic E-state index is 13.2. The molecule has 2 aliphatic heterocycles. The van der Waals surface area contributed by atoms with Crippen LogP contribution in [0.15, 0.2) is 23.9 Å². The van der Waals surface area contributed by atoms with E-state index in [1.165, 1.54) is 27.7 Å². The molecule has 0 aromatic carbocycles. The maximum absolute atomic E-state index is 13.2. The standard InChI is InChI=1S/C24H36N4O6S2/c1-6-16-21(30)28-20(14(4)5)24(33)34-15-9-7-8-10-35-36-12-17(22(31)25-16)26-23(32)19(13(2)3)27-18(29)11-15/h6-7,9,13-15,17,19-20H,8,10-12H2,1-5H3,(H,25,31)(H,26,32)(H,27,29)(H,28,30)/b9-7?,16-6+/t15-,17-,19+,20+/m1/s1. The second-order valence-corrected chi connectivity index (χ2v) is 11.9. The van der Waals surface area contributed by atoms with Gasteiger partial charge >= 0.3 is 5.97 Å². The normalized spacial score (nSPS) is 28.8. The Bertz CT molecular complexity index is 905. The van der Waals surface area contributed by atoms with Gasteiger partial charge in [-0.25, -0.2) is 4.79 Å². The Kier molecular flexibility index (Phi) is 11.8. The smallest absolute Gasteiger partial charge is 0.329 e. The van der Waals surface area contributed by atoms with Crippen LogP contribution in [-0.2, 0) is 28.7 Å². The van der Waals surface area contributed by atoms with Crippen molar-refractivity contribution in [1.82, 2.24) is 21.3 Å². The van der Waals surface area contributed by atoms with Gasteiger partial charge < -0.3 is 26.0 Å². The molecule has 12 heteroatoms. The molecule has 1 saturated heterocycles. The van der Waals surface area contributed by atoms with Crippen molar-refractivity contribution in [2.45, 2.75) is 71.7 Å². The van der Waals surface area contributed by atoms with E-state index in [1.54, 1.807) is 40.7 Å². The van der Waals surface area contributed by atoms with Crippen molar-refractivity contribution in [3.63, 3.8) is 0 Å². The van der Waals surface area contributed by atoms with Crippen LogP contribution in [0.1, 0.15) is 47.5 Å². The molecular formula is C24H36N4O6S2. The highest BCUT2D eigenvalue weighted by Crippen LogP contribution is 2.24. The van der Waals surface area contributed by atoms with Gasteiger partial charge in [0.15, 0.2) is 0 Å². The molecule has 0 aromatic heterocycles. The van der Waals surface area contributed by atoms with Crippen LogP contribution in [0.5, 0.6) is 0 Å². The highest BCUT2D eigenvalue weighted by molar-refractivity contribution is 8.76. The number of ether oxygens (including phenoxy) is 1. The Balaban J connectivity index is 2.55. The topological polar surface area (TPSA) is 143 Å². The van der Waals surface area contributed by atoms with Crippen molar-refractivity contribution in [2.75, 3.05) is 11.5 Å². The molecule has 4 N–H and O–H groups in total. The SMILES string of the molecule is C/C=C1/NC(=O)[C@H]2CSSCCC=C[C@H](CC(=O)N[C@@H](C(C)C)C(=O)N2)OC(=O)[C@H](C(C)C)NC1=O. The van der Waals surface area contributed by atoms with Crippen molar-refractivity contribution in [3.8, 4) is 0 Å². The van der Waals surface area contributed by atoms with Crippen molar-refractivity contribution in [3.05, 3.63) is 23.9 Å². The van der Waals surface area contributed by atoms with Gasteiger partial charge in [0.05, 0.1) is 6.42 Å². The highest BCUT2D eigenvalue weighted by atomic mass is 33.1. The average Bonchev–Trinajstić information content (AvgIpc) is 2.81. The largest absolute Gasteiger partial charge is 0.456 e. The summed E-state index contributed by atoms with van der Waals surface area (Å²) in [5, 5.41) is 10.7. The molecule has 4 amide bonds. The van der Waals surface area contributed by atoms with E-state index in [-0.39, 0.29) is 29.7 Å². The van der Waals surface area contributed by atoms with Crippen molar-refractivity contribution in [2.24, 2.45) is 11.8 Å². The first-order valence-electron chi connectivity index (χ1n) is 12.0. The van der Waals surface area contributed by atoms with Crippen LogP contribution in [0.3, 0.4) is 0 Å². The van der Waals surface area contributed by atoms with E-state index < -0.39 is 53.8 Å². The summed E-state index contributed by atoms with van der Waals surface area (Å²) in [5.74, 6) is -2.54. The molecule has 2 heterocycles. The van der Waals surface area contributed by atoms with E-state index >= 15 is 0 Å². The van der Waals surface area contributed by atoms with Crippen LogP contribution in [0.25, 0.3) is 0 Å². The average molecular weight is 541 g/mol. The van der Waals surface area contributed by atoms with Gasteiger partial charge in [0.2, 0.25) is 17.7 Å². The number of allylic oxidation sites excluding steroid dienone is 2. The van der Waals surface area contributed by atoms with Crippen molar-refractivity contribution < 1.29 is 28.7 Å². The van der Waals surface area contributed by atoms with Crippen molar-refractivity contribution in [1.29, 1.82) is 0 Å². The quantitative estimate of drug-likeness (QED) is 0.178. The molecule has 0 saturated carbocycles. The Hall–Kier alpha value is -2.47. The summed E-state index contributed by atoms with van der Waals surface area (Å²) in [4.78, 5) is 65.2. The zero-order valence-corrected chi connectivity index (χ0v) is 22.9. The van der Waals surface area contributed by atoms with Gasteiger partial charge in [-0.1, -0.05) is 61.4 Å². The maximum Gasteiger partial charge on any atom is 0.329 e. The summed E-state index contributed by atoms with van der Waals surface area (Å²) in [7, 11) is 2.95. The third-order valence-corrected chi connectivity index (χ3v) is 8.03. The monoisotopic (exact) mass is 540 g/mol. The molecule has 1 fully saturated rings. The Labute approximate surface area is 220 Å². The summed E-state index contributed by atoms with van der Waals surface area (Å²) < 4.78 is 5.65. The van der Waals surface area contributed by atoms with Crippen LogP contribution in [0.4, 0.5) is 0 Å². The molecule has 200 valence electrons. The molecule has 0 aromatic rings. The molecule has 0 spiro atoms. The molecule has 2 bridgehead atoms. The molecule has 4 atom stereocenters. The molecule has 2 rings (SSSR count). The van der Waals surface area contributed by atoms with E-state index in [9.17, 15) is 24.0 Å². The first-order valence-corrected chi connectivity index (χ1v) is 14.5. The zero-order chi connectivity index (χ0) is 26.8. The number of esters is 1. The van der Waals surface area contributed by atoms with Crippen LogP contribution < -0.4 is 21.3 Å². The van der Waals surface area contributed by atoms with Crippen molar-refractivity contribution >= 4 is 51.2 Å². The molecular weight excluding hydrogens is 504 g/mol. The fourth-order valence-corrected chi connectivity index (χ4v) is 5.66. The zero-order valence-electron chi connectivity index (χ0n) is 21.3. The molecule has 36 heavy (non-hydrogen) atoms. The van der Waals surface area contributed by atoms with Crippen LogP contribution in [0, 0.1) is 11.8 Å². The molecule has 0 aliphatic carbocycles. The fraction of sp³-hybridized carbons (Fsp3) is 0.625. The first kappa shape index (κ1) is 29.8. The Morgan fingerprint density at radius 3 is 2.28 bits per heavy atom. The van der Waals surface area contributed by atoms with Gasteiger partial charge in [-0.15, -0.1) is 0 Å². The minimum atomic E-state index is -1.00. The first-order chi connectivity index (χ1) is 17.0. The Morgan fingerprint density at radius 2 is 1.64 bits per heavy atom. The van der Waals surface area contributed by atoms with E-state index in [0.717, 1.165) is 0 Å². The Morgan fingerprint density at radius 1 is 0.944 bits per heavy atom. The molecule has 0 unspecified atom stereocenters. The minimum absolute atomic E-state index is 0.0445. The van der Waals surface area contributed by atoms with Gasteiger partial charge in [-0.05, 0) is 31.3 Å². The number of fused-ring (bicyclic) bond motifs is 7. The van der Waals surface area contributed by atoms with Crippen LogP contribution in [0.2, 0.25) is 0 Å². The van der Waals surface area contributed by atoms with Crippen LogP contribution >= 0.6 is 21.6 Å². The highest BCUT2D eigenvalue weighted by Gasteiger charge is 2.33. The second kappa shape index (κ2) is 14.3. The van der Waals surface area contributed by atoms with E-state index in [4.69, 9.17) is 4.74 Å². The van der Waals surface area contributed by atoms with Gasteiger partial charge in [-0.2, -0.15) is 0 Å². The lowest BCUT2D eigenvalue weighted by Crippen LogP contribution is -2.57. The summed E-state index contributed by atoms with van der Waals surface area (Å²) in [6, 6.07) is -2.86. The number of carbonyl (C=O) groups excluding carboxylic acids is 5. The third-order valence-electron chi connectivity index (χ3n) is 5.59. The lowest BCUT2D eigenvalue weighted by atomic mass is 10.0. The second-order valence-electron chi connectivity index (χ2n) is 9.24. The summed E-state index contributed by atoms with van der Waals surface area (Å²) >= 11 is 0. The number of hydrogen-bond acceptors (Lipinski definition) is 8. The minimum Gasteiger partial charge on any atom is -0.456 e. The number of amides is 4. The predicted molar refractivity (Wildman–Crippen MR) is 141 cm³/mol. The third kappa shape index (κ3) is 8.88. The number of rotatable bonds is 2. The van der Waals surface area contributed by atoms with Gasteiger partial charge in [0.1, 0.15) is 29.9 Å². The fourth-order valence-electron chi connectivity index (χ4n) is 3.50. The molecule has 10 nitrogen and oxygen atoms in total. The number of hydrogen-bond donors (Lipinski definition) is 4. The van der Waals surface area contributed by atoms with Gasteiger partial charge in [0, 0.05) is 11.5 Å². The van der Waals surface area contributed by atoms with E-state index in [2.05, 4.69) is 21.3 Å². The number of nitrogens with one attached hydrogen (secondary N) is 4. The summed E-state index contributed by atoms with van der Waals surface area (Å²) in [6.45, 7) is 8.66. The summed E-state index contributed by atoms with van der Waals surface area (Å²) in [5.41, 5.74) is -0.0445. The predicted octanol–water partition coefficient (Wildman–Crippen LogP) is 1.43. The number of carbonyl (C=O) groups is 5. The summed E-state index contributed by atoms with van der Waals surface area (Å²) in [6.07, 6.45) is 4.51. The molecule has 0 radical (unpaired) electrons. The van der Waals surface area contributed by atoms with E-state index in [1.807, 2.05) is 6.08 Å². The van der Waals surface area contributed by atoms with Gasteiger partial charge in [-0.3, -0.25) is 19.2 Å².